The van der Waals surface area contributed by atoms with E-state index in [4.69, 9.17) is 0 Å². The van der Waals surface area contributed by atoms with Crippen molar-refractivity contribution in [2.24, 2.45) is 0 Å². The molecular formula is C18H30N2O. The normalized spacial score (nSPS) is 13.3. The second-order valence-electron chi connectivity index (χ2n) is 7.02. The lowest BCUT2D eigenvalue weighted by molar-refractivity contribution is -0.121. The Morgan fingerprint density at radius 3 is 2.14 bits per heavy atom. The van der Waals surface area contributed by atoms with Crippen LogP contribution in [0.1, 0.15) is 65.1 Å². The molecule has 0 aliphatic rings. The van der Waals surface area contributed by atoms with Crippen LogP contribution in [0, 0.1) is 0 Å². The molecule has 1 unspecified atom stereocenters. The predicted octanol–water partition coefficient (Wildman–Crippen LogP) is 3.55. The Kier molecular flexibility index (Phi) is 6.41. The van der Waals surface area contributed by atoms with Gasteiger partial charge in [0, 0.05) is 19.0 Å². The summed E-state index contributed by atoms with van der Waals surface area (Å²) in [6.45, 7) is 13.5. The first-order valence-electron chi connectivity index (χ1n) is 7.83. The van der Waals surface area contributed by atoms with Gasteiger partial charge in [-0.05, 0) is 23.5 Å². The summed E-state index contributed by atoms with van der Waals surface area (Å²) in [6, 6.07) is 8.98. The third kappa shape index (κ3) is 6.30. The zero-order chi connectivity index (χ0) is 16.0. The molecule has 118 valence electrons. The van der Waals surface area contributed by atoms with Crippen molar-refractivity contribution in [2.45, 2.75) is 65.5 Å². The van der Waals surface area contributed by atoms with Crippen LogP contribution >= 0.6 is 0 Å². The van der Waals surface area contributed by atoms with Gasteiger partial charge in [0.25, 0.3) is 0 Å². The molecule has 0 fully saturated rings. The number of rotatable bonds is 6. The maximum absolute atomic E-state index is 11.9. The van der Waals surface area contributed by atoms with Crippen LogP contribution in [0.2, 0.25) is 0 Å². The van der Waals surface area contributed by atoms with Crippen LogP contribution in [0.25, 0.3) is 0 Å². The summed E-state index contributed by atoms with van der Waals surface area (Å²) in [4.78, 5) is 11.9. The summed E-state index contributed by atoms with van der Waals surface area (Å²) in [7, 11) is 0. The maximum Gasteiger partial charge on any atom is 0.221 e. The van der Waals surface area contributed by atoms with Gasteiger partial charge in [0.2, 0.25) is 5.91 Å². The largest absolute Gasteiger partial charge is 0.350 e. The molecule has 1 aromatic rings. The Hall–Kier alpha value is -1.35. The molecule has 0 aromatic heterocycles. The maximum atomic E-state index is 11.9. The van der Waals surface area contributed by atoms with Gasteiger partial charge in [-0.1, -0.05) is 58.9 Å². The molecule has 0 radical (unpaired) electrons. The van der Waals surface area contributed by atoms with Crippen LogP contribution in [0.3, 0.4) is 0 Å². The van der Waals surface area contributed by atoms with Crippen LogP contribution in [0.15, 0.2) is 24.3 Å². The molecule has 3 heteroatoms. The molecule has 3 nitrogen and oxygen atoms in total. The zero-order valence-electron chi connectivity index (χ0n) is 14.3. The molecule has 0 saturated carbocycles. The zero-order valence-corrected chi connectivity index (χ0v) is 14.3. The summed E-state index contributed by atoms with van der Waals surface area (Å²) >= 11 is 0. The van der Waals surface area contributed by atoms with Crippen molar-refractivity contribution in [3.05, 3.63) is 35.4 Å². The van der Waals surface area contributed by atoms with E-state index in [1.807, 2.05) is 6.92 Å². The van der Waals surface area contributed by atoms with Gasteiger partial charge >= 0.3 is 0 Å². The summed E-state index contributed by atoms with van der Waals surface area (Å²) in [5.41, 5.74) is 2.62. The van der Waals surface area contributed by atoms with Gasteiger partial charge in [-0.3, -0.25) is 4.79 Å². The second kappa shape index (κ2) is 7.60. The quantitative estimate of drug-likeness (QED) is 0.841. The lowest BCUT2D eigenvalue weighted by Gasteiger charge is -2.21. The van der Waals surface area contributed by atoms with Crippen LogP contribution in [-0.4, -0.2) is 18.5 Å². The van der Waals surface area contributed by atoms with Crippen LogP contribution in [-0.2, 0) is 10.2 Å². The minimum atomic E-state index is 0.0468. The Bertz CT molecular complexity index is 443. The van der Waals surface area contributed by atoms with E-state index in [1.54, 1.807) is 0 Å². The lowest BCUT2D eigenvalue weighted by Crippen LogP contribution is -2.32. The first-order chi connectivity index (χ1) is 9.70. The highest BCUT2D eigenvalue weighted by atomic mass is 16.1. The highest BCUT2D eigenvalue weighted by molar-refractivity contribution is 5.76. The lowest BCUT2D eigenvalue weighted by atomic mass is 9.86. The SMILES string of the molecule is CC(C)NCCC(=O)NC(C)c1ccc(C(C)(C)C)cc1. The van der Waals surface area contributed by atoms with Gasteiger partial charge in [-0.2, -0.15) is 0 Å². The van der Waals surface area contributed by atoms with Crippen molar-refractivity contribution in [3.63, 3.8) is 0 Å². The van der Waals surface area contributed by atoms with Crippen molar-refractivity contribution < 1.29 is 4.79 Å². The summed E-state index contributed by atoms with van der Waals surface area (Å²) < 4.78 is 0. The Balaban J connectivity index is 2.52. The molecule has 0 spiro atoms. The smallest absolute Gasteiger partial charge is 0.221 e. The molecule has 1 amide bonds. The van der Waals surface area contributed by atoms with E-state index in [9.17, 15) is 4.79 Å². The van der Waals surface area contributed by atoms with E-state index in [0.717, 1.165) is 12.1 Å². The summed E-state index contributed by atoms with van der Waals surface area (Å²) in [5.74, 6) is 0.0931. The van der Waals surface area contributed by atoms with Crippen LogP contribution < -0.4 is 10.6 Å². The van der Waals surface area contributed by atoms with Crippen LogP contribution in [0.5, 0.6) is 0 Å². The molecular weight excluding hydrogens is 260 g/mol. The van der Waals surface area contributed by atoms with Crippen molar-refractivity contribution in [1.29, 1.82) is 0 Å². The van der Waals surface area contributed by atoms with E-state index >= 15 is 0 Å². The van der Waals surface area contributed by atoms with E-state index in [1.165, 1.54) is 5.56 Å². The third-order valence-corrected chi connectivity index (χ3v) is 3.56. The molecule has 2 N–H and O–H groups in total. The minimum absolute atomic E-state index is 0.0468. The first kappa shape index (κ1) is 17.7. The van der Waals surface area contributed by atoms with Crippen LogP contribution in [0.4, 0.5) is 0 Å². The van der Waals surface area contributed by atoms with E-state index in [-0.39, 0.29) is 17.4 Å². The summed E-state index contributed by atoms with van der Waals surface area (Å²) in [5, 5.41) is 6.30. The highest BCUT2D eigenvalue weighted by Gasteiger charge is 2.14. The van der Waals surface area contributed by atoms with Gasteiger partial charge in [0.05, 0.1) is 6.04 Å². The average molecular weight is 290 g/mol. The fraction of sp³-hybridized carbons (Fsp3) is 0.611. The predicted molar refractivity (Wildman–Crippen MR) is 89.5 cm³/mol. The second-order valence-corrected chi connectivity index (χ2v) is 7.02. The summed E-state index contributed by atoms with van der Waals surface area (Å²) in [6.07, 6.45) is 0.516. The first-order valence-corrected chi connectivity index (χ1v) is 7.83. The number of hydrogen-bond acceptors (Lipinski definition) is 2. The molecule has 0 heterocycles. The molecule has 1 rings (SSSR count). The Morgan fingerprint density at radius 1 is 1.10 bits per heavy atom. The topological polar surface area (TPSA) is 41.1 Å². The minimum Gasteiger partial charge on any atom is -0.350 e. The fourth-order valence-corrected chi connectivity index (χ4v) is 2.14. The van der Waals surface area contributed by atoms with Crippen molar-refractivity contribution in [1.82, 2.24) is 10.6 Å². The molecule has 0 aliphatic carbocycles. The molecule has 0 aliphatic heterocycles. The van der Waals surface area contributed by atoms with E-state index in [2.05, 4.69) is 69.5 Å². The van der Waals surface area contributed by atoms with Gasteiger partial charge < -0.3 is 10.6 Å². The Morgan fingerprint density at radius 2 is 1.67 bits per heavy atom. The number of carbonyl (C=O) groups is 1. The number of amides is 1. The molecule has 1 aromatic carbocycles. The standard InChI is InChI=1S/C18H30N2O/c1-13(2)19-12-11-17(21)20-14(3)15-7-9-16(10-8-15)18(4,5)6/h7-10,13-14,19H,11-12H2,1-6H3,(H,20,21). The highest BCUT2D eigenvalue weighted by Crippen LogP contribution is 2.23. The molecule has 0 bridgehead atoms. The van der Waals surface area contributed by atoms with Gasteiger partial charge in [-0.25, -0.2) is 0 Å². The van der Waals surface area contributed by atoms with Crippen molar-refractivity contribution in [2.75, 3.05) is 6.54 Å². The van der Waals surface area contributed by atoms with E-state index < -0.39 is 0 Å². The van der Waals surface area contributed by atoms with Gasteiger partial charge in [0.15, 0.2) is 0 Å². The van der Waals surface area contributed by atoms with Crippen molar-refractivity contribution >= 4 is 5.91 Å². The average Bonchev–Trinajstić information content (AvgIpc) is 2.37. The molecule has 1 atom stereocenters. The number of hydrogen-bond donors (Lipinski definition) is 2. The fourth-order valence-electron chi connectivity index (χ4n) is 2.14. The third-order valence-electron chi connectivity index (χ3n) is 3.56. The van der Waals surface area contributed by atoms with Crippen molar-refractivity contribution in [3.8, 4) is 0 Å². The monoisotopic (exact) mass is 290 g/mol. The van der Waals surface area contributed by atoms with E-state index in [0.29, 0.717) is 12.5 Å². The number of carbonyl (C=O) groups excluding carboxylic acids is 1. The van der Waals surface area contributed by atoms with Gasteiger partial charge in [0.1, 0.15) is 0 Å². The van der Waals surface area contributed by atoms with Gasteiger partial charge in [-0.15, -0.1) is 0 Å². The number of nitrogens with one attached hydrogen (secondary N) is 2. The number of benzene rings is 1. The molecule has 21 heavy (non-hydrogen) atoms. The Labute approximate surface area is 129 Å². The molecule has 0 saturated heterocycles.